The van der Waals surface area contributed by atoms with E-state index in [2.05, 4.69) is 24.1 Å². The molecule has 3 rings (SSSR count). The second kappa shape index (κ2) is 9.90. The van der Waals surface area contributed by atoms with E-state index < -0.39 is 17.4 Å². The fourth-order valence-corrected chi connectivity index (χ4v) is 3.36. The minimum Gasteiger partial charge on any atom is -0.497 e. The van der Waals surface area contributed by atoms with Gasteiger partial charge in [0.25, 0.3) is 5.56 Å². The zero-order valence-electron chi connectivity index (χ0n) is 19.2. The molecule has 0 unspecified atom stereocenters. The summed E-state index contributed by atoms with van der Waals surface area (Å²) in [6.07, 6.45) is -0.00870. The van der Waals surface area contributed by atoms with Crippen molar-refractivity contribution in [1.82, 2.24) is 18.7 Å². The maximum absolute atomic E-state index is 12.9. The highest BCUT2D eigenvalue weighted by Crippen LogP contribution is 2.19. The van der Waals surface area contributed by atoms with Crippen LogP contribution in [0.1, 0.15) is 20.3 Å². The topological polar surface area (TPSA) is 113 Å². The molecule has 0 aliphatic heterocycles. The van der Waals surface area contributed by atoms with Crippen molar-refractivity contribution in [1.29, 1.82) is 0 Å². The van der Waals surface area contributed by atoms with Crippen molar-refractivity contribution in [3.63, 3.8) is 0 Å². The summed E-state index contributed by atoms with van der Waals surface area (Å²) in [6.45, 7) is 4.97. The van der Waals surface area contributed by atoms with E-state index in [1.54, 1.807) is 43.0 Å². The SMILES string of the molecule is COc1ccc(OC[C@H](O)Cn2c(NCCC(C)C)nc3c2c(=O)n(C)c(=O)n3C)cc1. The molecule has 1 aromatic carbocycles. The molecule has 0 aliphatic rings. The van der Waals surface area contributed by atoms with Gasteiger partial charge < -0.3 is 24.5 Å². The number of anilines is 1. The lowest BCUT2D eigenvalue weighted by Crippen LogP contribution is -2.38. The summed E-state index contributed by atoms with van der Waals surface area (Å²) in [6, 6.07) is 7.04. The Balaban J connectivity index is 1.88. The van der Waals surface area contributed by atoms with Gasteiger partial charge >= 0.3 is 5.69 Å². The Bertz CT molecular complexity index is 1180. The van der Waals surface area contributed by atoms with E-state index in [0.29, 0.717) is 29.9 Å². The zero-order valence-corrected chi connectivity index (χ0v) is 19.2. The van der Waals surface area contributed by atoms with Gasteiger partial charge in [0, 0.05) is 20.6 Å². The number of imidazole rings is 1. The van der Waals surface area contributed by atoms with E-state index in [4.69, 9.17) is 9.47 Å². The molecule has 0 spiro atoms. The number of methoxy groups -OCH3 is 1. The van der Waals surface area contributed by atoms with E-state index in [0.717, 1.165) is 11.0 Å². The van der Waals surface area contributed by atoms with E-state index in [9.17, 15) is 14.7 Å². The molecule has 32 heavy (non-hydrogen) atoms. The standard InChI is InChI=1S/C22H31N5O5/c1-14(2)10-11-23-21-24-19-18(20(29)26(4)22(30)25(19)3)27(21)12-15(28)13-32-17-8-6-16(31-5)7-9-17/h6-9,14-15,28H,10-13H2,1-5H3,(H,23,24)/t15-/m1/s1. The van der Waals surface area contributed by atoms with Crippen molar-refractivity contribution >= 4 is 17.1 Å². The predicted octanol–water partition coefficient (Wildman–Crippen LogP) is 1.34. The molecule has 0 aliphatic carbocycles. The van der Waals surface area contributed by atoms with E-state index in [1.165, 1.54) is 11.6 Å². The minimum atomic E-state index is -0.915. The Labute approximate surface area is 186 Å². The fourth-order valence-electron chi connectivity index (χ4n) is 3.36. The molecule has 3 aromatic rings. The van der Waals surface area contributed by atoms with Crippen LogP contribution in [0.25, 0.3) is 11.2 Å². The highest BCUT2D eigenvalue weighted by Gasteiger charge is 2.21. The molecular formula is C22H31N5O5. The Morgan fingerprint density at radius 1 is 1.09 bits per heavy atom. The van der Waals surface area contributed by atoms with Crippen LogP contribution in [0.5, 0.6) is 11.5 Å². The predicted molar refractivity (Wildman–Crippen MR) is 123 cm³/mol. The summed E-state index contributed by atoms with van der Waals surface area (Å²) < 4.78 is 14.8. The molecule has 0 amide bonds. The number of hydrogen-bond acceptors (Lipinski definition) is 7. The number of nitrogens with zero attached hydrogens (tertiary/aromatic N) is 4. The van der Waals surface area contributed by atoms with Crippen LogP contribution in [0.3, 0.4) is 0 Å². The number of hydrogen-bond donors (Lipinski definition) is 2. The van der Waals surface area contributed by atoms with Crippen molar-refractivity contribution in [3.05, 3.63) is 45.1 Å². The number of benzene rings is 1. The number of aliphatic hydroxyl groups excluding tert-OH is 1. The van der Waals surface area contributed by atoms with Gasteiger partial charge in [0.05, 0.1) is 13.7 Å². The first-order valence-corrected chi connectivity index (χ1v) is 10.6. The first kappa shape index (κ1) is 23.4. The maximum Gasteiger partial charge on any atom is 0.332 e. The van der Waals surface area contributed by atoms with Crippen molar-refractivity contribution in [3.8, 4) is 11.5 Å². The maximum atomic E-state index is 12.9. The second-order valence-corrected chi connectivity index (χ2v) is 8.17. The summed E-state index contributed by atoms with van der Waals surface area (Å²) in [5.41, 5.74) is -0.390. The lowest BCUT2D eigenvalue weighted by molar-refractivity contribution is 0.0938. The van der Waals surface area contributed by atoms with E-state index in [-0.39, 0.29) is 24.3 Å². The average molecular weight is 446 g/mol. The van der Waals surface area contributed by atoms with Crippen LogP contribution in [0.2, 0.25) is 0 Å². The second-order valence-electron chi connectivity index (χ2n) is 8.17. The third-order valence-electron chi connectivity index (χ3n) is 5.25. The van der Waals surface area contributed by atoms with Gasteiger partial charge in [0.15, 0.2) is 11.2 Å². The van der Waals surface area contributed by atoms with Crippen LogP contribution in [0, 0.1) is 5.92 Å². The highest BCUT2D eigenvalue weighted by molar-refractivity contribution is 5.74. The molecule has 2 aromatic heterocycles. The van der Waals surface area contributed by atoms with Crippen LogP contribution >= 0.6 is 0 Å². The molecular weight excluding hydrogens is 414 g/mol. The molecule has 1 atom stereocenters. The molecule has 2 N–H and O–H groups in total. The molecule has 2 heterocycles. The number of aryl methyl sites for hydroxylation is 1. The molecule has 0 saturated carbocycles. The minimum absolute atomic E-state index is 0.0174. The van der Waals surface area contributed by atoms with Gasteiger partial charge in [-0.25, -0.2) is 4.79 Å². The summed E-state index contributed by atoms with van der Waals surface area (Å²) in [4.78, 5) is 29.7. The van der Waals surface area contributed by atoms with Gasteiger partial charge in [-0.05, 0) is 36.6 Å². The lowest BCUT2D eigenvalue weighted by atomic mass is 10.1. The number of ether oxygens (including phenoxy) is 2. The smallest absolute Gasteiger partial charge is 0.332 e. The van der Waals surface area contributed by atoms with E-state index in [1.807, 2.05) is 0 Å². The van der Waals surface area contributed by atoms with Crippen LogP contribution in [-0.2, 0) is 20.6 Å². The molecule has 0 radical (unpaired) electrons. The van der Waals surface area contributed by atoms with Crippen LogP contribution in [-0.4, -0.2) is 50.2 Å². The van der Waals surface area contributed by atoms with Gasteiger partial charge in [-0.3, -0.25) is 13.9 Å². The molecule has 0 saturated heterocycles. The first-order chi connectivity index (χ1) is 15.2. The van der Waals surface area contributed by atoms with Gasteiger partial charge in [-0.15, -0.1) is 0 Å². The highest BCUT2D eigenvalue weighted by atomic mass is 16.5. The van der Waals surface area contributed by atoms with Crippen LogP contribution in [0.15, 0.2) is 33.9 Å². The third-order valence-corrected chi connectivity index (χ3v) is 5.25. The molecule has 174 valence electrons. The van der Waals surface area contributed by atoms with Crippen molar-refractivity contribution in [2.75, 3.05) is 25.6 Å². The molecule has 0 fully saturated rings. The third kappa shape index (κ3) is 4.96. The number of rotatable bonds is 10. The van der Waals surface area contributed by atoms with Crippen molar-refractivity contribution in [2.45, 2.75) is 32.9 Å². The lowest BCUT2D eigenvalue weighted by Gasteiger charge is -2.16. The monoisotopic (exact) mass is 445 g/mol. The molecule has 10 heteroatoms. The Kier molecular flexibility index (Phi) is 7.24. The first-order valence-electron chi connectivity index (χ1n) is 10.6. The number of nitrogens with one attached hydrogen (secondary N) is 1. The number of aromatic nitrogens is 4. The summed E-state index contributed by atoms with van der Waals surface area (Å²) in [5, 5.41) is 13.9. The Hall–Kier alpha value is -3.27. The summed E-state index contributed by atoms with van der Waals surface area (Å²) >= 11 is 0. The van der Waals surface area contributed by atoms with Crippen LogP contribution < -0.4 is 26.0 Å². The van der Waals surface area contributed by atoms with Gasteiger partial charge in [0.1, 0.15) is 24.2 Å². The largest absolute Gasteiger partial charge is 0.497 e. The van der Waals surface area contributed by atoms with Crippen molar-refractivity contribution in [2.24, 2.45) is 20.0 Å². The van der Waals surface area contributed by atoms with Gasteiger partial charge in [0.2, 0.25) is 5.95 Å². The summed E-state index contributed by atoms with van der Waals surface area (Å²) in [5.74, 6) is 2.22. The molecule has 0 bridgehead atoms. The number of fused-ring (bicyclic) bond motifs is 1. The fraction of sp³-hybridized carbons (Fsp3) is 0.500. The quantitative estimate of drug-likeness (QED) is 0.484. The normalized spacial score (nSPS) is 12.3. The van der Waals surface area contributed by atoms with Crippen molar-refractivity contribution < 1.29 is 14.6 Å². The average Bonchev–Trinajstić information content (AvgIpc) is 3.13. The van der Waals surface area contributed by atoms with Gasteiger partial charge in [-0.1, -0.05) is 13.8 Å². The number of aliphatic hydroxyl groups is 1. The Morgan fingerprint density at radius 3 is 2.38 bits per heavy atom. The van der Waals surface area contributed by atoms with E-state index >= 15 is 0 Å². The van der Waals surface area contributed by atoms with Gasteiger partial charge in [-0.2, -0.15) is 4.98 Å². The molecule has 10 nitrogen and oxygen atoms in total. The van der Waals surface area contributed by atoms with Crippen LogP contribution in [0.4, 0.5) is 5.95 Å². The Morgan fingerprint density at radius 2 is 1.75 bits per heavy atom. The summed E-state index contributed by atoms with van der Waals surface area (Å²) in [7, 11) is 4.58. The zero-order chi connectivity index (χ0) is 23.4.